The fourth-order valence-electron chi connectivity index (χ4n) is 3.06. The van der Waals surface area contributed by atoms with E-state index in [0.717, 1.165) is 12.8 Å². The standard InChI is InChI=1S/C18H18N2O3/c1-11-15(18(22)23)7-8-16(19-11)17(21)20(2)14-9-12-5-3-4-6-13(12)10-14/h3-8,14H,9-10H2,1-2H3,(H,22,23). The van der Waals surface area contributed by atoms with Crippen molar-refractivity contribution in [2.24, 2.45) is 0 Å². The second kappa shape index (κ2) is 5.83. The van der Waals surface area contributed by atoms with Gasteiger partial charge in [-0.1, -0.05) is 24.3 Å². The minimum Gasteiger partial charge on any atom is -0.478 e. The molecule has 1 aliphatic carbocycles. The molecule has 0 atom stereocenters. The lowest BCUT2D eigenvalue weighted by atomic mass is 10.1. The highest BCUT2D eigenvalue weighted by Crippen LogP contribution is 2.25. The van der Waals surface area contributed by atoms with Crippen LogP contribution in [0.5, 0.6) is 0 Å². The zero-order valence-corrected chi connectivity index (χ0v) is 13.1. The summed E-state index contributed by atoms with van der Waals surface area (Å²) in [5.41, 5.74) is 3.32. The first-order valence-electron chi connectivity index (χ1n) is 7.52. The number of hydrogen-bond acceptors (Lipinski definition) is 3. The molecular formula is C18H18N2O3. The number of benzene rings is 1. The quantitative estimate of drug-likeness (QED) is 0.944. The number of carbonyl (C=O) groups is 2. The third-order valence-corrected chi connectivity index (χ3v) is 4.43. The lowest BCUT2D eigenvalue weighted by molar-refractivity contribution is 0.0689. The molecule has 1 amide bonds. The van der Waals surface area contributed by atoms with Gasteiger partial charge in [0.25, 0.3) is 5.91 Å². The number of likely N-dealkylation sites (N-methyl/N-ethyl adjacent to an activating group) is 1. The van der Waals surface area contributed by atoms with E-state index in [4.69, 9.17) is 5.11 Å². The van der Waals surface area contributed by atoms with Gasteiger partial charge in [-0.2, -0.15) is 0 Å². The molecule has 0 fully saturated rings. The van der Waals surface area contributed by atoms with Gasteiger partial charge in [-0.3, -0.25) is 4.79 Å². The summed E-state index contributed by atoms with van der Waals surface area (Å²) in [6, 6.07) is 11.3. The van der Waals surface area contributed by atoms with Crippen molar-refractivity contribution in [1.29, 1.82) is 0 Å². The first-order chi connectivity index (χ1) is 11.0. The molecule has 0 radical (unpaired) electrons. The van der Waals surface area contributed by atoms with Gasteiger partial charge in [-0.15, -0.1) is 0 Å². The molecule has 1 aromatic carbocycles. The number of pyridine rings is 1. The topological polar surface area (TPSA) is 70.5 Å². The Labute approximate surface area is 134 Å². The number of carboxylic acids is 1. The molecule has 1 N–H and O–H groups in total. The predicted octanol–water partition coefficient (Wildman–Crippen LogP) is 2.33. The zero-order chi connectivity index (χ0) is 16.6. The van der Waals surface area contributed by atoms with Crippen LogP contribution in [0.4, 0.5) is 0 Å². The van der Waals surface area contributed by atoms with E-state index in [-0.39, 0.29) is 23.2 Å². The van der Waals surface area contributed by atoms with Gasteiger partial charge in [-0.05, 0) is 43.0 Å². The number of hydrogen-bond donors (Lipinski definition) is 1. The molecule has 2 aromatic rings. The van der Waals surface area contributed by atoms with Crippen LogP contribution < -0.4 is 0 Å². The Kier molecular flexibility index (Phi) is 3.86. The van der Waals surface area contributed by atoms with Crippen molar-refractivity contribution in [3.63, 3.8) is 0 Å². The maximum Gasteiger partial charge on any atom is 0.337 e. The van der Waals surface area contributed by atoms with Crippen LogP contribution in [0, 0.1) is 6.92 Å². The summed E-state index contributed by atoms with van der Waals surface area (Å²) in [5, 5.41) is 9.04. The van der Waals surface area contributed by atoms with Crippen LogP contribution >= 0.6 is 0 Å². The van der Waals surface area contributed by atoms with Crippen LogP contribution in [0.2, 0.25) is 0 Å². The zero-order valence-electron chi connectivity index (χ0n) is 13.1. The molecule has 0 saturated carbocycles. The summed E-state index contributed by atoms with van der Waals surface area (Å²) in [6.45, 7) is 1.60. The van der Waals surface area contributed by atoms with Crippen LogP contribution in [-0.4, -0.2) is 40.0 Å². The maximum absolute atomic E-state index is 12.6. The summed E-state index contributed by atoms with van der Waals surface area (Å²) in [7, 11) is 1.78. The molecule has 118 valence electrons. The van der Waals surface area contributed by atoms with E-state index in [1.54, 1.807) is 18.9 Å². The van der Waals surface area contributed by atoms with Crippen LogP contribution in [0.1, 0.15) is 37.7 Å². The van der Waals surface area contributed by atoms with Crippen molar-refractivity contribution in [2.75, 3.05) is 7.05 Å². The van der Waals surface area contributed by atoms with Crippen molar-refractivity contribution >= 4 is 11.9 Å². The number of fused-ring (bicyclic) bond motifs is 1. The Morgan fingerprint density at radius 1 is 1.13 bits per heavy atom. The Bertz CT molecular complexity index is 761. The molecule has 1 aliphatic rings. The van der Waals surface area contributed by atoms with Crippen LogP contribution in [-0.2, 0) is 12.8 Å². The maximum atomic E-state index is 12.6. The van der Waals surface area contributed by atoms with Crippen molar-refractivity contribution in [2.45, 2.75) is 25.8 Å². The largest absolute Gasteiger partial charge is 0.478 e. The van der Waals surface area contributed by atoms with Gasteiger partial charge in [0, 0.05) is 13.1 Å². The van der Waals surface area contributed by atoms with Gasteiger partial charge in [0.15, 0.2) is 0 Å². The fraction of sp³-hybridized carbons (Fsp3) is 0.278. The van der Waals surface area contributed by atoms with Crippen molar-refractivity contribution in [3.05, 3.63) is 64.5 Å². The first-order valence-corrected chi connectivity index (χ1v) is 7.52. The Hall–Kier alpha value is -2.69. The minimum absolute atomic E-state index is 0.112. The molecule has 0 bridgehead atoms. The Balaban J connectivity index is 1.79. The summed E-state index contributed by atoms with van der Waals surface area (Å²) in [5.74, 6) is -1.21. The van der Waals surface area contributed by atoms with Crippen LogP contribution in [0.15, 0.2) is 36.4 Å². The Morgan fingerprint density at radius 2 is 1.74 bits per heavy atom. The highest BCUT2D eigenvalue weighted by atomic mass is 16.4. The number of rotatable bonds is 3. The highest BCUT2D eigenvalue weighted by Gasteiger charge is 2.28. The lowest BCUT2D eigenvalue weighted by Crippen LogP contribution is -2.38. The average molecular weight is 310 g/mol. The van der Waals surface area contributed by atoms with Gasteiger partial charge >= 0.3 is 5.97 Å². The Morgan fingerprint density at radius 3 is 2.26 bits per heavy atom. The van der Waals surface area contributed by atoms with E-state index in [1.807, 2.05) is 12.1 Å². The van der Waals surface area contributed by atoms with Crippen molar-refractivity contribution < 1.29 is 14.7 Å². The van der Waals surface area contributed by atoms with Gasteiger partial charge in [0.05, 0.1) is 11.3 Å². The minimum atomic E-state index is -1.03. The van der Waals surface area contributed by atoms with E-state index >= 15 is 0 Å². The normalized spacial score (nSPS) is 13.7. The predicted molar refractivity (Wildman–Crippen MR) is 85.7 cm³/mol. The fourth-order valence-corrected chi connectivity index (χ4v) is 3.06. The first kappa shape index (κ1) is 15.2. The lowest BCUT2D eigenvalue weighted by Gasteiger charge is -2.24. The number of aromatic carboxylic acids is 1. The van der Waals surface area contributed by atoms with Crippen LogP contribution in [0.3, 0.4) is 0 Å². The summed E-state index contributed by atoms with van der Waals surface area (Å²) < 4.78 is 0. The van der Waals surface area contributed by atoms with E-state index in [1.165, 1.54) is 23.3 Å². The molecule has 0 saturated heterocycles. The van der Waals surface area contributed by atoms with Gasteiger partial charge < -0.3 is 10.0 Å². The molecule has 3 rings (SSSR count). The molecular weight excluding hydrogens is 292 g/mol. The van der Waals surface area contributed by atoms with Crippen LogP contribution in [0.25, 0.3) is 0 Å². The average Bonchev–Trinajstić information content (AvgIpc) is 2.97. The third kappa shape index (κ3) is 2.82. The summed E-state index contributed by atoms with van der Waals surface area (Å²) in [6.07, 6.45) is 1.68. The van der Waals surface area contributed by atoms with E-state index in [2.05, 4.69) is 17.1 Å². The number of aryl methyl sites for hydroxylation is 1. The monoisotopic (exact) mass is 310 g/mol. The molecule has 0 unspecified atom stereocenters. The number of carboxylic acid groups (broad SMARTS) is 1. The summed E-state index contributed by atoms with van der Waals surface area (Å²) in [4.78, 5) is 29.5. The highest BCUT2D eigenvalue weighted by molar-refractivity contribution is 5.94. The molecule has 1 heterocycles. The second-order valence-corrected chi connectivity index (χ2v) is 5.88. The molecule has 1 aromatic heterocycles. The SMILES string of the molecule is Cc1nc(C(=O)N(C)C2Cc3ccccc3C2)ccc1C(=O)O. The number of amides is 1. The molecule has 5 heteroatoms. The molecule has 0 aliphatic heterocycles. The number of aromatic nitrogens is 1. The van der Waals surface area contributed by atoms with Gasteiger partial charge in [-0.25, -0.2) is 9.78 Å². The molecule has 5 nitrogen and oxygen atoms in total. The van der Waals surface area contributed by atoms with Gasteiger partial charge in [0.2, 0.25) is 0 Å². The number of nitrogens with zero attached hydrogens (tertiary/aromatic N) is 2. The number of carbonyl (C=O) groups excluding carboxylic acids is 1. The smallest absolute Gasteiger partial charge is 0.337 e. The van der Waals surface area contributed by atoms with Crippen molar-refractivity contribution in [1.82, 2.24) is 9.88 Å². The molecule has 0 spiro atoms. The van der Waals surface area contributed by atoms with E-state index in [0.29, 0.717) is 5.69 Å². The third-order valence-electron chi connectivity index (χ3n) is 4.43. The molecule has 23 heavy (non-hydrogen) atoms. The van der Waals surface area contributed by atoms with Gasteiger partial charge in [0.1, 0.15) is 5.69 Å². The van der Waals surface area contributed by atoms with Crippen molar-refractivity contribution in [3.8, 4) is 0 Å². The second-order valence-electron chi connectivity index (χ2n) is 5.88. The van der Waals surface area contributed by atoms with E-state index < -0.39 is 5.97 Å². The van der Waals surface area contributed by atoms with E-state index in [9.17, 15) is 9.59 Å². The summed E-state index contributed by atoms with van der Waals surface area (Å²) >= 11 is 0.